The lowest BCUT2D eigenvalue weighted by Crippen LogP contribution is -2.24. The molecule has 0 aliphatic carbocycles. The smallest absolute Gasteiger partial charge is 0.352 e. The highest BCUT2D eigenvalue weighted by Gasteiger charge is 2.16. The molecule has 1 amide bonds. The van der Waals surface area contributed by atoms with Crippen LogP contribution in [0.2, 0.25) is 0 Å². The van der Waals surface area contributed by atoms with E-state index in [0.29, 0.717) is 5.69 Å². The first-order chi connectivity index (χ1) is 11.3. The molecule has 0 atom stereocenters. The average Bonchev–Trinajstić information content (AvgIpc) is 3.02. The van der Waals surface area contributed by atoms with Crippen LogP contribution in [0.5, 0.6) is 0 Å². The Labute approximate surface area is 138 Å². The summed E-state index contributed by atoms with van der Waals surface area (Å²) in [5.74, 6) is -2.11. The van der Waals surface area contributed by atoms with E-state index in [4.69, 9.17) is 5.73 Å². The maximum Gasteiger partial charge on any atom is 0.352 e. The number of carbonyl (C=O) groups is 1. The second kappa shape index (κ2) is 5.96. The summed E-state index contributed by atoms with van der Waals surface area (Å²) >= 11 is 0.963. The van der Waals surface area contributed by atoms with Gasteiger partial charge in [-0.25, -0.2) is 27.8 Å². The average molecular weight is 351 g/mol. The van der Waals surface area contributed by atoms with Crippen LogP contribution in [0.1, 0.15) is 20.9 Å². The summed E-state index contributed by atoms with van der Waals surface area (Å²) in [7, 11) is 0. The van der Waals surface area contributed by atoms with E-state index in [0.717, 1.165) is 38.8 Å². The third kappa shape index (κ3) is 2.95. The SMILES string of the molecule is Cc1nc(-n2cnn(Cc3cc(F)cc(F)c3)c2=O)sc1C(N)=O. The number of nitrogens with two attached hydrogens (primary N) is 1. The van der Waals surface area contributed by atoms with Gasteiger partial charge in [-0.2, -0.15) is 5.10 Å². The summed E-state index contributed by atoms with van der Waals surface area (Å²) in [5, 5.41) is 4.14. The molecular weight excluding hydrogens is 340 g/mol. The van der Waals surface area contributed by atoms with Crippen molar-refractivity contribution in [3.05, 3.63) is 62.8 Å². The summed E-state index contributed by atoms with van der Waals surface area (Å²) in [6.07, 6.45) is 1.22. The van der Waals surface area contributed by atoms with Crippen LogP contribution in [0.25, 0.3) is 5.13 Å². The van der Waals surface area contributed by atoms with Crippen LogP contribution >= 0.6 is 11.3 Å². The Bertz CT molecular complexity index is 971. The molecule has 0 fully saturated rings. The van der Waals surface area contributed by atoms with E-state index < -0.39 is 23.2 Å². The van der Waals surface area contributed by atoms with Crippen LogP contribution in [0.3, 0.4) is 0 Å². The van der Waals surface area contributed by atoms with Gasteiger partial charge < -0.3 is 5.73 Å². The Kier molecular flexibility index (Phi) is 3.97. The molecule has 0 radical (unpaired) electrons. The number of aryl methyl sites for hydroxylation is 1. The van der Waals surface area contributed by atoms with Crippen molar-refractivity contribution in [1.82, 2.24) is 19.3 Å². The fraction of sp³-hybridized carbons (Fsp3) is 0.143. The highest BCUT2D eigenvalue weighted by Crippen LogP contribution is 2.19. The van der Waals surface area contributed by atoms with Gasteiger partial charge in [0.2, 0.25) is 0 Å². The normalized spacial score (nSPS) is 11.0. The first kappa shape index (κ1) is 16.0. The number of hydrogen-bond donors (Lipinski definition) is 1. The highest BCUT2D eigenvalue weighted by molar-refractivity contribution is 7.16. The second-order valence-corrected chi connectivity index (χ2v) is 5.97. The Balaban J connectivity index is 1.95. The van der Waals surface area contributed by atoms with Gasteiger partial charge in [0, 0.05) is 6.07 Å². The summed E-state index contributed by atoms with van der Waals surface area (Å²) < 4.78 is 28.6. The molecule has 1 aromatic carbocycles. The van der Waals surface area contributed by atoms with Gasteiger partial charge >= 0.3 is 5.69 Å². The molecule has 7 nitrogen and oxygen atoms in total. The summed E-state index contributed by atoms with van der Waals surface area (Å²) in [4.78, 5) is 28.0. The maximum atomic E-state index is 13.2. The molecule has 24 heavy (non-hydrogen) atoms. The van der Waals surface area contributed by atoms with Crippen LogP contribution in [-0.2, 0) is 6.54 Å². The van der Waals surface area contributed by atoms with E-state index in [-0.39, 0.29) is 22.1 Å². The first-order valence-electron chi connectivity index (χ1n) is 6.72. The quantitative estimate of drug-likeness (QED) is 0.764. The minimum absolute atomic E-state index is 0.104. The van der Waals surface area contributed by atoms with Crippen LogP contribution in [-0.4, -0.2) is 25.2 Å². The van der Waals surface area contributed by atoms with Gasteiger partial charge in [-0.05, 0) is 24.6 Å². The molecule has 2 heterocycles. The van der Waals surface area contributed by atoms with Crippen molar-refractivity contribution in [3.8, 4) is 5.13 Å². The molecule has 124 valence electrons. The lowest BCUT2D eigenvalue weighted by atomic mass is 10.2. The standard InChI is InChI=1S/C14H11F2N5O2S/c1-7-11(12(17)22)24-13(19-7)20-6-18-21(14(20)23)5-8-2-9(15)4-10(16)3-8/h2-4,6H,5H2,1H3,(H2,17,22). The third-order valence-corrected chi connectivity index (χ3v) is 4.37. The molecule has 0 unspecified atom stereocenters. The number of halogens is 2. The van der Waals surface area contributed by atoms with Crippen LogP contribution in [0.15, 0.2) is 29.3 Å². The number of thiazole rings is 1. The highest BCUT2D eigenvalue weighted by atomic mass is 32.1. The number of primary amides is 1. The molecular formula is C14H11F2N5O2S. The second-order valence-electron chi connectivity index (χ2n) is 4.99. The predicted octanol–water partition coefficient (Wildman–Crippen LogP) is 1.22. The Hall–Kier alpha value is -2.88. The maximum absolute atomic E-state index is 13.2. The van der Waals surface area contributed by atoms with Gasteiger partial charge in [-0.15, -0.1) is 0 Å². The zero-order valence-electron chi connectivity index (χ0n) is 12.4. The zero-order chi connectivity index (χ0) is 17.4. The zero-order valence-corrected chi connectivity index (χ0v) is 13.2. The third-order valence-electron chi connectivity index (χ3n) is 3.20. The topological polar surface area (TPSA) is 95.8 Å². The fourth-order valence-electron chi connectivity index (χ4n) is 2.17. The lowest BCUT2D eigenvalue weighted by molar-refractivity contribution is 0.100. The van der Waals surface area contributed by atoms with Gasteiger partial charge in [0.15, 0.2) is 5.13 Å². The Morgan fingerprint density at radius 3 is 2.54 bits per heavy atom. The van der Waals surface area contributed by atoms with Gasteiger partial charge in [0.1, 0.15) is 22.8 Å². The fourth-order valence-corrected chi connectivity index (χ4v) is 3.05. The molecule has 0 aliphatic rings. The van der Waals surface area contributed by atoms with Crippen molar-refractivity contribution in [1.29, 1.82) is 0 Å². The van der Waals surface area contributed by atoms with E-state index in [9.17, 15) is 18.4 Å². The molecule has 0 spiro atoms. The van der Waals surface area contributed by atoms with Gasteiger partial charge in [-0.1, -0.05) is 11.3 Å². The first-order valence-corrected chi connectivity index (χ1v) is 7.54. The minimum atomic E-state index is -0.737. The van der Waals surface area contributed by atoms with E-state index >= 15 is 0 Å². The Morgan fingerprint density at radius 1 is 1.29 bits per heavy atom. The summed E-state index contributed by atoms with van der Waals surface area (Å²) in [6.45, 7) is 1.50. The van der Waals surface area contributed by atoms with Crippen molar-refractivity contribution < 1.29 is 13.6 Å². The molecule has 0 saturated heterocycles. The molecule has 2 aromatic heterocycles. The lowest BCUT2D eigenvalue weighted by Gasteiger charge is -2.01. The van der Waals surface area contributed by atoms with Crippen molar-refractivity contribution in [2.45, 2.75) is 13.5 Å². The number of carbonyl (C=O) groups excluding carboxylic acids is 1. The molecule has 3 aromatic rings. The molecule has 0 saturated carbocycles. The largest absolute Gasteiger partial charge is 0.365 e. The van der Waals surface area contributed by atoms with E-state index in [1.807, 2.05) is 0 Å². The Morgan fingerprint density at radius 2 is 1.96 bits per heavy atom. The van der Waals surface area contributed by atoms with Gasteiger partial charge in [-0.3, -0.25) is 4.79 Å². The number of rotatable bonds is 4. The monoisotopic (exact) mass is 351 g/mol. The number of hydrogen-bond acceptors (Lipinski definition) is 5. The molecule has 10 heteroatoms. The van der Waals surface area contributed by atoms with Gasteiger partial charge in [0.25, 0.3) is 5.91 Å². The van der Waals surface area contributed by atoms with Gasteiger partial charge in [0.05, 0.1) is 12.2 Å². The molecule has 2 N–H and O–H groups in total. The summed E-state index contributed by atoms with van der Waals surface area (Å²) in [5.41, 5.74) is 5.35. The minimum Gasteiger partial charge on any atom is -0.365 e. The number of amides is 1. The van der Waals surface area contributed by atoms with Crippen molar-refractivity contribution in [2.24, 2.45) is 5.73 Å². The van der Waals surface area contributed by atoms with E-state index in [1.54, 1.807) is 6.92 Å². The van der Waals surface area contributed by atoms with Crippen molar-refractivity contribution in [2.75, 3.05) is 0 Å². The van der Waals surface area contributed by atoms with E-state index in [1.165, 1.54) is 6.33 Å². The number of benzene rings is 1. The summed E-state index contributed by atoms with van der Waals surface area (Å²) in [6, 6.07) is 2.98. The van der Waals surface area contributed by atoms with Crippen LogP contribution < -0.4 is 11.4 Å². The molecule has 3 rings (SSSR count). The van der Waals surface area contributed by atoms with Crippen molar-refractivity contribution >= 4 is 17.2 Å². The van der Waals surface area contributed by atoms with Crippen molar-refractivity contribution in [3.63, 3.8) is 0 Å². The number of nitrogens with zero attached hydrogens (tertiary/aromatic N) is 4. The van der Waals surface area contributed by atoms with Crippen LogP contribution in [0, 0.1) is 18.6 Å². The number of aromatic nitrogens is 4. The van der Waals surface area contributed by atoms with E-state index in [2.05, 4.69) is 10.1 Å². The van der Waals surface area contributed by atoms with Crippen LogP contribution in [0.4, 0.5) is 8.78 Å². The predicted molar refractivity (Wildman–Crippen MR) is 82.2 cm³/mol. The molecule has 0 aliphatic heterocycles. The molecule has 0 bridgehead atoms.